The second kappa shape index (κ2) is 13.3. The lowest BCUT2D eigenvalue weighted by Gasteiger charge is -2.19. The Kier molecular flexibility index (Phi) is 10.8. The average Bonchev–Trinajstić information content (AvgIpc) is 2.74. The molecule has 0 aliphatic rings. The Labute approximate surface area is 178 Å². The molecule has 0 fully saturated rings. The van der Waals surface area contributed by atoms with Gasteiger partial charge in [0.05, 0.1) is 5.56 Å². The molecule has 3 heteroatoms. The van der Waals surface area contributed by atoms with Crippen molar-refractivity contribution in [2.24, 2.45) is 0 Å². The zero-order valence-corrected chi connectivity index (χ0v) is 18.8. The second-order valence-corrected chi connectivity index (χ2v) is 8.30. The molecule has 0 saturated carbocycles. The van der Waals surface area contributed by atoms with E-state index in [1.807, 2.05) is 24.5 Å². The highest BCUT2D eigenvalue weighted by Crippen LogP contribution is 2.38. The van der Waals surface area contributed by atoms with Crippen LogP contribution in [0.3, 0.4) is 0 Å². The summed E-state index contributed by atoms with van der Waals surface area (Å²) in [6.07, 6.45) is 18.4. The van der Waals surface area contributed by atoms with Crippen LogP contribution in [-0.2, 0) is 6.42 Å². The number of hydrogen-bond donors (Lipinski definition) is 1. The molecular formula is C26H40N2O. The van der Waals surface area contributed by atoms with Crippen LogP contribution in [0.1, 0.15) is 108 Å². The van der Waals surface area contributed by atoms with Crippen LogP contribution in [0.2, 0.25) is 0 Å². The molecule has 2 aromatic rings. The summed E-state index contributed by atoms with van der Waals surface area (Å²) in [5.74, 6) is 1.40. The zero-order chi connectivity index (χ0) is 20.9. The predicted octanol–water partition coefficient (Wildman–Crippen LogP) is 7.83. The van der Waals surface area contributed by atoms with E-state index >= 15 is 0 Å². The average molecular weight is 397 g/mol. The molecule has 1 N–H and O–H groups in total. The molecule has 0 aliphatic heterocycles. The molecule has 0 radical (unpaired) electrons. The molecule has 160 valence electrons. The van der Waals surface area contributed by atoms with Gasteiger partial charge >= 0.3 is 0 Å². The third kappa shape index (κ3) is 7.45. The number of rotatable bonds is 14. The van der Waals surface area contributed by atoms with Crippen molar-refractivity contribution in [2.75, 3.05) is 0 Å². The van der Waals surface area contributed by atoms with Gasteiger partial charge in [0.25, 0.3) is 0 Å². The summed E-state index contributed by atoms with van der Waals surface area (Å²) in [6.45, 7) is 6.69. The summed E-state index contributed by atoms with van der Waals surface area (Å²) in [7, 11) is 0. The molecule has 29 heavy (non-hydrogen) atoms. The minimum atomic E-state index is 0.366. The molecule has 0 saturated heterocycles. The Morgan fingerprint density at radius 2 is 1.48 bits per heavy atom. The highest BCUT2D eigenvalue weighted by atomic mass is 16.3. The highest BCUT2D eigenvalue weighted by molar-refractivity contribution is 5.66. The maximum Gasteiger partial charge on any atom is 0.162 e. The van der Waals surface area contributed by atoms with Gasteiger partial charge in [-0.25, -0.2) is 9.97 Å². The Hall–Kier alpha value is -1.90. The summed E-state index contributed by atoms with van der Waals surface area (Å²) in [5.41, 5.74) is 3.00. The quantitative estimate of drug-likeness (QED) is 0.331. The number of aromatic nitrogens is 2. The first-order valence-corrected chi connectivity index (χ1v) is 11.8. The van der Waals surface area contributed by atoms with E-state index in [1.54, 1.807) is 0 Å². The summed E-state index contributed by atoms with van der Waals surface area (Å²) >= 11 is 0. The van der Waals surface area contributed by atoms with Gasteiger partial charge in [0.1, 0.15) is 5.75 Å². The van der Waals surface area contributed by atoms with Gasteiger partial charge < -0.3 is 5.11 Å². The lowest BCUT2D eigenvalue weighted by molar-refractivity contribution is 0.449. The Morgan fingerprint density at radius 1 is 0.793 bits per heavy atom. The monoisotopic (exact) mass is 396 g/mol. The first kappa shape index (κ1) is 23.4. The SMILES string of the molecule is CCCCCCCCc1cnc(-c2cccc(C(CCC)CCCC)c2O)nc1. The molecule has 1 atom stereocenters. The Balaban J connectivity index is 2.04. The molecule has 1 heterocycles. The fourth-order valence-corrected chi connectivity index (χ4v) is 4.06. The van der Waals surface area contributed by atoms with Crippen molar-refractivity contribution in [3.05, 3.63) is 41.7 Å². The highest BCUT2D eigenvalue weighted by Gasteiger charge is 2.18. The lowest BCUT2D eigenvalue weighted by atomic mass is 9.88. The van der Waals surface area contributed by atoms with Gasteiger partial charge in [0.2, 0.25) is 0 Å². The third-order valence-corrected chi connectivity index (χ3v) is 5.82. The minimum Gasteiger partial charge on any atom is -0.507 e. The van der Waals surface area contributed by atoms with Crippen molar-refractivity contribution < 1.29 is 5.11 Å². The van der Waals surface area contributed by atoms with Crippen molar-refractivity contribution in [2.45, 2.75) is 104 Å². The van der Waals surface area contributed by atoms with Gasteiger partial charge in [-0.3, -0.25) is 0 Å². The number of nitrogens with zero attached hydrogens (tertiary/aromatic N) is 2. The summed E-state index contributed by atoms with van der Waals surface area (Å²) in [5, 5.41) is 11.0. The Bertz CT molecular complexity index is 696. The van der Waals surface area contributed by atoms with Crippen LogP contribution in [0, 0.1) is 0 Å². The summed E-state index contributed by atoms with van der Waals surface area (Å²) in [4.78, 5) is 9.15. The molecule has 0 spiro atoms. The molecule has 1 aromatic heterocycles. The van der Waals surface area contributed by atoms with E-state index < -0.39 is 0 Å². The number of benzene rings is 1. The van der Waals surface area contributed by atoms with E-state index in [0.717, 1.165) is 36.8 Å². The lowest BCUT2D eigenvalue weighted by Crippen LogP contribution is -2.01. The molecule has 0 bridgehead atoms. The first-order valence-electron chi connectivity index (χ1n) is 11.8. The van der Waals surface area contributed by atoms with Crippen LogP contribution in [0.5, 0.6) is 5.75 Å². The van der Waals surface area contributed by atoms with E-state index in [4.69, 9.17) is 0 Å². The summed E-state index contributed by atoms with van der Waals surface area (Å²) < 4.78 is 0. The molecule has 0 aliphatic carbocycles. The van der Waals surface area contributed by atoms with Crippen molar-refractivity contribution in [3.63, 3.8) is 0 Å². The van der Waals surface area contributed by atoms with Crippen LogP contribution in [0.15, 0.2) is 30.6 Å². The van der Waals surface area contributed by atoms with Gasteiger partial charge in [0, 0.05) is 12.4 Å². The van der Waals surface area contributed by atoms with Crippen molar-refractivity contribution in [1.82, 2.24) is 9.97 Å². The topological polar surface area (TPSA) is 46.0 Å². The molecule has 1 aromatic carbocycles. The largest absolute Gasteiger partial charge is 0.507 e. The molecule has 2 rings (SSSR count). The molecular weight excluding hydrogens is 356 g/mol. The van der Waals surface area contributed by atoms with E-state index in [-0.39, 0.29) is 0 Å². The molecule has 0 amide bonds. The van der Waals surface area contributed by atoms with Gasteiger partial charge in [-0.2, -0.15) is 0 Å². The number of phenolic OH excluding ortho intramolecular Hbond substituents is 1. The predicted molar refractivity (Wildman–Crippen MR) is 123 cm³/mol. The number of unbranched alkanes of at least 4 members (excludes halogenated alkanes) is 6. The normalized spacial score (nSPS) is 12.2. The zero-order valence-electron chi connectivity index (χ0n) is 18.8. The van der Waals surface area contributed by atoms with E-state index in [0.29, 0.717) is 17.5 Å². The maximum atomic E-state index is 11.0. The van der Waals surface area contributed by atoms with E-state index in [9.17, 15) is 5.11 Å². The maximum absolute atomic E-state index is 11.0. The van der Waals surface area contributed by atoms with Crippen molar-refractivity contribution >= 4 is 0 Å². The van der Waals surface area contributed by atoms with Gasteiger partial charge in [-0.05, 0) is 48.8 Å². The van der Waals surface area contributed by atoms with Crippen LogP contribution in [-0.4, -0.2) is 15.1 Å². The van der Waals surface area contributed by atoms with Crippen molar-refractivity contribution in [3.8, 4) is 17.1 Å². The van der Waals surface area contributed by atoms with Gasteiger partial charge in [-0.15, -0.1) is 0 Å². The molecule has 1 unspecified atom stereocenters. The van der Waals surface area contributed by atoms with E-state index in [2.05, 4.69) is 36.8 Å². The third-order valence-electron chi connectivity index (χ3n) is 5.82. The van der Waals surface area contributed by atoms with Gasteiger partial charge in [0.15, 0.2) is 5.82 Å². The number of hydrogen-bond acceptors (Lipinski definition) is 3. The van der Waals surface area contributed by atoms with E-state index in [1.165, 1.54) is 56.9 Å². The summed E-state index contributed by atoms with van der Waals surface area (Å²) in [6, 6.07) is 6.04. The number of aryl methyl sites for hydroxylation is 1. The minimum absolute atomic E-state index is 0.366. The standard InChI is InChI=1S/C26H40N2O/c1-4-7-9-10-11-12-15-21-19-27-26(28-20-21)24-18-13-17-23(25(24)29)22(14-6-3)16-8-5-2/h13,17-20,22,29H,4-12,14-16H2,1-3H3. The second-order valence-electron chi connectivity index (χ2n) is 8.30. The number of para-hydroxylation sites is 1. The van der Waals surface area contributed by atoms with Crippen LogP contribution < -0.4 is 0 Å². The smallest absolute Gasteiger partial charge is 0.162 e. The van der Waals surface area contributed by atoms with Crippen LogP contribution >= 0.6 is 0 Å². The van der Waals surface area contributed by atoms with Crippen molar-refractivity contribution in [1.29, 1.82) is 0 Å². The number of phenols is 1. The number of aromatic hydroxyl groups is 1. The fraction of sp³-hybridized carbons (Fsp3) is 0.615. The fourth-order valence-electron chi connectivity index (χ4n) is 4.06. The van der Waals surface area contributed by atoms with Crippen LogP contribution in [0.25, 0.3) is 11.4 Å². The molecule has 3 nitrogen and oxygen atoms in total. The first-order chi connectivity index (χ1) is 14.2. The Morgan fingerprint density at radius 3 is 2.17 bits per heavy atom. The van der Waals surface area contributed by atoms with Crippen LogP contribution in [0.4, 0.5) is 0 Å². The van der Waals surface area contributed by atoms with Gasteiger partial charge in [-0.1, -0.05) is 84.3 Å².